The van der Waals surface area contributed by atoms with Crippen molar-refractivity contribution in [2.75, 3.05) is 6.26 Å². The van der Waals surface area contributed by atoms with Crippen LogP contribution in [0.4, 0.5) is 4.39 Å². The van der Waals surface area contributed by atoms with Gasteiger partial charge >= 0.3 is 0 Å². The van der Waals surface area contributed by atoms with E-state index in [1.807, 2.05) is 36.6 Å². The summed E-state index contributed by atoms with van der Waals surface area (Å²) in [5.41, 5.74) is 1.93. The molecule has 0 bridgehead atoms. The van der Waals surface area contributed by atoms with Crippen molar-refractivity contribution in [3.8, 4) is 16.9 Å². The van der Waals surface area contributed by atoms with Gasteiger partial charge in [-0.1, -0.05) is 42.1 Å². The Morgan fingerprint density at radius 3 is 2.36 bits per heavy atom. The van der Waals surface area contributed by atoms with Crippen LogP contribution in [0.3, 0.4) is 0 Å². The minimum Gasteiger partial charge on any atom is -0.269 e. The molecular formula is C17H13FN2OS. The van der Waals surface area contributed by atoms with Gasteiger partial charge in [-0.2, -0.15) is 0 Å². The van der Waals surface area contributed by atoms with E-state index in [9.17, 15) is 9.18 Å². The molecule has 0 aliphatic heterocycles. The normalized spacial score (nSPS) is 10.6. The van der Waals surface area contributed by atoms with Crippen molar-refractivity contribution in [2.24, 2.45) is 0 Å². The fraction of sp³-hybridized carbons (Fsp3) is 0.0588. The van der Waals surface area contributed by atoms with E-state index in [1.54, 1.807) is 12.1 Å². The Labute approximate surface area is 131 Å². The third-order valence-electron chi connectivity index (χ3n) is 3.22. The first kappa shape index (κ1) is 14.5. The SMILES string of the molecule is CSc1nc(-c2ccccc2)cc(=O)n1-c1ccc(F)cc1. The molecule has 0 amide bonds. The number of aromatic nitrogens is 2. The molecule has 0 spiro atoms. The van der Waals surface area contributed by atoms with Crippen LogP contribution >= 0.6 is 11.8 Å². The third kappa shape index (κ3) is 2.80. The minimum atomic E-state index is -0.337. The lowest BCUT2D eigenvalue weighted by Gasteiger charge is -2.12. The molecule has 1 aromatic heterocycles. The van der Waals surface area contributed by atoms with Crippen molar-refractivity contribution < 1.29 is 4.39 Å². The van der Waals surface area contributed by atoms with Crippen LogP contribution in [0.5, 0.6) is 0 Å². The molecule has 110 valence electrons. The number of nitrogens with zero attached hydrogens (tertiary/aromatic N) is 2. The van der Waals surface area contributed by atoms with Gasteiger partial charge in [-0.05, 0) is 30.5 Å². The van der Waals surface area contributed by atoms with Crippen molar-refractivity contribution in [2.45, 2.75) is 5.16 Å². The Kier molecular flexibility index (Phi) is 4.06. The summed E-state index contributed by atoms with van der Waals surface area (Å²) in [6.45, 7) is 0. The molecule has 2 aromatic carbocycles. The van der Waals surface area contributed by atoms with E-state index in [0.29, 0.717) is 16.5 Å². The van der Waals surface area contributed by atoms with Gasteiger partial charge in [0.05, 0.1) is 11.4 Å². The lowest BCUT2D eigenvalue weighted by Crippen LogP contribution is -2.20. The van der Waals surface area contributed by atoms with E-state index < -0.39 is 0 Å². The summed E-state index contributed by atoms with van der Waals surface area (Å²) in [7, 11) is 0. The predicted octanol–water partition coefficient (Wildman–Crippen LogP) is 3.76. The highest BCUT2D eigenvalue weighted by Crippen LogP contribution is 2.21. The number of halogens is 1. The summed E-state index contributed by atoms with van der Waals surface area (Å²) >= 11 is 1.38. The summed E-state index contributed by atoms with van der Waals surface area (Å²) in [5, 5.41) is 0.568. The summed E-state index contributed by atoms with van der Waals surface area (Å²) in [4.78, 5) is 17.0. The highest BCUT2D eigenvalue weighted by molar-refractivity contribution is 7.98. The van der Waals surface area contributed by atoms with Gasteiger partial charge in [-0.3, -0.25) is 9.36 Å². The van der Waals surface area contributed by atoms with Crippen LogP contribution in [0.25, 0.3) is 16.9 Å². The summed E-state index contributed by atoms with van der Waals surface area (Å²) in [6.07, 6.45) is 1.86. The van der Waals surface area contributed by atoms with Crippen LogP contribution in [0.15, 0.2) is 70.6 Å². The number of hydrogen-bond acceptors (Lipinski definition) is 3. The van der Waals surface area contributed by atoms with Gasteiger partial charge in [0.2, 0.25) is 0 Å². The second kappa shape index (κ2) is 6.15. The van der Waals surface area contributed by atoms with Crippen molar-refractivity contribution in [3.63, 3.8) is 0 Å². The van der Waals surface area contributed by atoms with Crippen molar-refractivity contribution >= 4 is 11.8 Å². The Bertz CT molecular complexity index is 845. The Hall–Kier alpha value is -2.40. The highest BCUT2D eigenvalue weighted by Gasteiger charge is 2.11. The first-order valence-electron chi connectivity index (χ1n) is 6.68. The Morgan fingerprint density at radius 2 is 1.73 bits per heavy atom. The Morgan fingerprint density at radius 1 is 1.05 bits per heavy atom. The molecule has 3 rings (SSSR count). The van der Waals surface area contributed by atoms with Gasteiger partial charge in [0.25, 0.3) is 5.56 Å². The van der Waals surface area contributed by atoms with Crippen LogP contribution in [0.1, 0.15) is 0 Å². The molecule has 1 heterocycles. The molecule has 0 atom stereocenters. The third-order valence-corrected chi connectivity index (χ3v) is 3.86. The molecule has 0 N–H and O–H groups in total. The van der Waals surface area contributed by atoms with E-state index in [-0.39, 0.29) is 11.4 Å². The first-order chi connectivity index (χ1) is 10.7. The molecule has 0 saturated carbocycles. The Balaban J connectivity index is 2.17. The average Bonchev–Trinajstić information content (AvgIpc) is 2.56. The summed E-state index contributed by atoms with van der Waals surface area (Å²) in [6, 6.07) is 16.8. The van der Waals surface area contributed by atoms with Gasteiger partial charge in [-0.15, -0.1) is 0 Å². The number of benzene rings is 2. The number of thioether (sulfide) groups is 1. The fourth-order valence-electron chi connectivity index (χ4n) is 2.18. The lowest BCUT2D eigenvalue weighted by molar-refractivity contribution is 0.626. The van der Waals surface area contributed by atoms with Crippen LogP contribution < -0.4 is 5.56 Å². The quantitative estimate of drug-likeness (QED) is 0.545. The molecule has 0 fully saturated rings. The molecule has 0 unspecified atom stereocenters. The molecule has 3 nitrogen and oxygen atoms in total. The van der Waals surface area contributed by atoms with Gasteiger partial charge in [0.15, 0.2) is 5.16 Å². The zero-order chi connectivity index (χ0) is 15.5. The molecule has 3 aromatic rings. The second-order valence-electron chi connectivity index (χ2n) is 4.64. The molecule has 0 aliphatic rings. The maximum absolute atomic E-state index is 13.1. The van der Waals surface area contributed by atoms with E-state index >= 15 is 0 Å². The van der Waals surface area contributed by atoms with Crippen molar-refractivity contribution in [1.29, 1.82) is 0 Å². The summed E-state index contributed by atoms with van der Waals surface area (Å²) < 4.78 is 14.5. The van der Waals surface area contributed by atoms with Gasteiger partial charge < -0.3 is 0 Å². The smallest absolute Gasteiger partial charge is 0.259 e. The molecule has 5 heteroatoms. The van der Waals surface area contributed by atoms with Gasteiger partial charge in [-0.25, -0.2) is 9.37 Å². The fourth-order valence-corrected chi connectivity index (χ4v) is 2.75. The summed E-state index contributed by atoms with van der Waals surface area (Å²) in [5.74, 6) is -0.337. The second-order valence-corrected chi connectivity index (χ2v) is 5.42. The topological polar surface area (TPSA) is 34.9 Å². The van der Waals surface area contributed by atoms with Gasteiger partial charge in [0.1, 0.15) is 5.82 Å². The molecule has 22 heavy (non-hydrogen) atoms. The van der Waals surface area contributed by atoms with Crippen molar-refractivity contribution in [1.82, 2.24) is 9.55 Å². The van der Waals surface area contributed by atoms with E-state index in [4.69, 9.17) is 0 Å². The van der Waals surface area contributed by atoms with Crippen LogP contribution in [-0.2, 0) is 0 Å². The monoisotopic (exact) mass is 312 g/mol. The number of hydrogen-bond donors (Lipinski definition) is 0. The predicted molar refractivity (Wildman–Crippen MR) is 87.0 cm³/mol. The zero-order valence-corrected chi connectivity index (χ0v) is 12.7. The standard InChI is InChI=1S/C17H13FN2OS/c1-22-17-19-15(12-5-3-2-4-6-12)11-16(21)20(17)14-9-7-13(18)8-10-14/h2-11H,1H3. The highest BCUT2D eigenvalue weighted by atomic mass is 32.2. The first-order valence-corrected chi connectivity index (χ1v) is 7.91. The average molecular weight is 312 g/mol. The molecule has 0 radical (unpaired) electrons. The molecule has 0 saturated heterocycles. The molecular weight excluding hydrogens is 299 g/mol. The minimum absolute atomic E-state index is 0.190. The van der Waals surface area contributed by atoms with E-state index in [2.05, 4.69) is 4.98 Å². The van der Waals surface area contributed by atoms with E-state index in [1.165, 1.54) is 34.5 Å². The van der Waals surface area contributed by atoms with Crippen molar-refractivity contribution in [3.05, 3.63) is 76.8 Å². The molecule has 0 aliphatic carbocycles. The van der Waals surface area contributed by atoms with Crippen LogP contribution in [-0.4, -0.2) is 15.8 Å². The van der Waals surface area contributed by atoms with Crippen LogP contribution in [0.2, 0.25) is 0 Å². The maximum atomic E-state index is 13.1. The van der Waals surface area contributed by atoms with E-state index in [0.717, 1.165) is 5.56 Å². The lowest BCUT2D eigenvalue weighted by atomic mass is 10.1. The van der Waals surface area contributed by atoms with Crippen LogP contribution in [0, 0.1) is 5.82 Å². The maximum Gasteiger partial charge on any atom is 0.259 e. The number of rotatable bonds is 3. The zero-order valence-electron chi connectivity index (χ0n) is 11.9. The largest absolute Gasteiger partial charge is 0.269 e. The van der Waals surface area contributed by atoms with Gasteiger partial charge in [0, 0.05) is 11.6 Å².